The normalized spacial score (nSPS) is 10.5. The topological polar surface area (TPSA) is 9.23 Å². The van der Waals surface area contributed by atoms with Crippen LogP contribution in [-0.4, -0.2) is 44.5 Å². The van der Waals surface area contributed by atoms with Gasteiger partial charge in [-0.2, -0.15) is 0 Å². The minimum atomic E-state index is -0.295. The van der Waals surface area contributed by atoms with Gasteiger partial charge in [0.2, 0.25) is 0 Å². The molecule has 0 aromatic rings. The molecule has 0 aromatic carbocycles. The van der Waals surface area contributed by atoms with E-state index in [2.05, 4.69) is 13.8 Å². The Labute approximate surface area is 76.0 Å². The molecule has 0 saturated heterocycles. The first kappa shape index (κ1) is 9.56. The van der Waals surface area contributed by atoms with Crippen LogP contribution in [-0.2, 0) is 1.41 Å². The summed E-state index contributed by atoms with van der Waals surface area (Å²) in [5.41, 5.74) is 0. The van der Waals surface area contributed by atoms with Crippen molar-refractivity contribution in [3.63, 3.8) is 0 Å². The van der Waals surface area contributed by atoms with Crippen molar-refractivity contribution in [1.29, 1.82) is 0 Å². The Morgan fingerprint density at radius 2 is 2.25 bits per heavy atom. The van der Waals surface area contributed by atoms with E-state index >= 15 is 0 Å². The Bertz CT molecular complexity index is 47.7. The number of hydrogen-bond acceptors (Lipinski definition) is 1. The van der Waals surface area contributed by atoms with Gasteiger partial charge in [-0.3, -0.25) is 0 Å². The Morgan fingerprint density at radius 3 is 2.62 bits per heavy atom. The third-order valence-corrected chi connectivity index (χ3v) is 5.98. The first-order valence-electron chi connectivity index (χ1n) is 2.86. The van der Waals surface area contributed by atoms with E-state index in [9.17, 15) is 0 Å². The third kappa shape index (κ3) is 7.56. The van der Waals surface area contributed by atoms with Crippen molar-refractivity contribution in [1.82, 2.24) is 0 Å². The summed E-state index contributed by atoms with van der Waals surface area (Å²) < 4.78 is 6.60. The molecule has 0 aromatic heterocycles. The van der Waals surface area contributed by atoms with Gasteiger partial charge in [0.15, 0.2) is 0 Å². The molecule has 0 atom stereocenters. The van der Waals surface area contributed by atoms with Crippen molar-refractivity contribution in [2.24, 2.45) is 5.92 Å². The van der Waals surface area contributed by atoms with E-state index in [0.29, 0.717) is 0 Å². The van der Waals surface area contributed by atoms with Gasteiger partial charge >= 0.3 is 76.5 Å². The average molecular weight is 326 g/mol. The predicted molar refractivity (Wildman–Crippen MR) is 38.3 cm³/mol. The number of rotatable bonds is 4. The first-order chi connectivity index (χ1) is 3.77. The second kappa shape index (κ2) is 6.67. The van der Waals surface area contributed by atoms with Crippen molar-refractivity contribution in [3.8, 4) is 0 Å². The maximum atomic E-state index is 5.19. The van der Waals surface area contributed by atoms with E-state index in [1.165, 1.54) is 10.9 Å². The molecule has 0 saturated carbocycles. The summed E-state index contributed by atoms with van der Waals surface area (Å²) in [5, 5.41) is 0. The minimum absolute atomic E-state index is 0.295. The Balaban J connectivity index is 2.72. The quantitative estimate of drug-likeness (QED) is 0.551. The molecule has 1 nitrogen and oxygen atoms in total. The zero-order chi connectivity index (χ0) is 6.41. The van der Waals surface area contributed by atoms with Crippen LogP contribution in [0, 0.1) is 5.92 Å². The van der Waals surface area contributed by atoms with Crippen LogP contribution in [0.4, 0.5) is 0 Å². The molecular formula is C5H12OSn2. The zero-order valence-corrected chi connectivity index (χ0v) is 11.6. The van der Waals surface area contributed by atoms with Crippen LogP contribution >= 0.6 is 0 Å². The molecule has 0 heterocycles. The van der Waals surface area contributed by atoms with Gasteiger partial charge in [0.1, 0.15) is 0 Å². The molecule has 3 heteroatoms. The van der Waals surface area contributed by atoms with E-state index in [0.717, 1.165) is 28.9 Å². The molecule has 0 fully saturated rings. The molecule has 0 spiro atoms. The first-order valence-corrected chi connectivity index (χ1v) is 7.39. The summed E-state index contributed by atoms with van der Waals surface area (Å²) in [6.45, 7) is 4.54. The molecule has 0 N–H and O–H groups in total. The average Bonchev–Trinajstić information content (AvgIpc) is 1.66. The Kier molecular flexibility index (Phi) is 7.97. The molecule has 0 unspecified atom stereocenters. The maximum absolute atomic E-state index is 5.19. The monoisotopic (exact) mass is 328 g/mol. The van der Waals surface area contributed by atoms with Gasteiger partial charge in [-0.15, -0.1) is 0 Å². The van der Waals surface area contributed by atoms with Crippen LogP contribution in [0.3, 0.4) is 0 Å². The molecule has 0 aliphatic carbocycles. The van der Waals surface area contributed by atoms with Gasteiger partial charge < -0.3 is 0 Å². The summed E-state index contributed by atoms with van der Waals surface area (Å²) in [7, 11) is 0. The molecule has 0 amide bonds. The van der Waals surface area contributed by atoms with Crippen molar-refractivity contribution >= 4 is 44.5 Å². The Hall–Kier alpha value is 1.56. The molecule has 8 heavy (non-hydrogen) atoms. The zero-order valence-electron chi connectivity index (χ0n) is 5.48. The standard InChI is InChI=1S/C5H11.O.2Sn.H/c1-4-5(2)3;;;;/h5H,1,4H2,2-3H3;;;;. The summed E-state index contributed by atoms with van der Waals surface area (Å²) >= 11 is 0.734. The van der Waals surface area contributed by atoms with Gasteiger partial charge in [0, 0.05) is 0 Å². The fraction of sp³-hybridized carbons (Fsp3) is 1.00. The van der Waals surface area contributed by atoms with Crippen LogP contribution in [0.1, 0.15) is 20.3 Å². The van der Waals surface area contributed by atoms with Crippen LogP contribution in [0.2, 0.25) is 4.44 Å². The molecule has 4 radical (unpaired) electrons. The predicted octanol–water partition coefficient (Wildman–Crippen LogP) is 0.902. The van der Waals surface area contributed by atoms with Crippen molar-refractivity contribution < 1.29 is 1.41 Å². The summed E-state index contributed by atoms with van der Waals surface area (Å²) in [6.07, 6.45) is 1.38. The molecule has 0 rings (SSSR count). The van der Waals surface area contributed by atoms with E-state index in [1.54, 1.807) is 0 Å². The van der Waals surface area contributed by atoms with E-state index < -0.39 is 0 Å². The van der Waals surface area contributed by atoms with Gasteiger partial charge in [-0.1, -0.05) is 0 Å². The van der Waals surface area contributed by atoms with Gasteiger partial charge in [-0.05, 0) is 0 Å². The Morgan fingerprint density at radius 1 is 1.62 bits per heavy atom. The van der Waals surface area contributed by atoms with Crippen molar-refractivity contribution in [3.05, 3.63) is 0 Å². The van der Waals surface area contributed by atoms with E-state index in [-0.39, 0.29) is 21.6 Å². The van der Waals surface area contributed by atoms with Crippen LogP contribution in [0.5, 0.6) is 0 Å². The van der Waals surface area contributed by atoms with Crippen molar-refractivity contribution in [2.45, 2.75) is 24.7 Å². The summed E-state index contributed by atoms with van der Waals surface area (Å²) in [6, 6.07) is 0. The van der Waals surface area contributed by atoms with Crippen LogP contribution in [0.25, 0.3) is 0 Å². The molecule has 46 valence electrons. The molecule has 0 aliphatic rings. The SMILES string of the molecule is CC(C)C[CH2][Sn][O][SnH]. The number of hydrogen-bond donors (Lipinski definition) is 0. The van der Waals surface area contributed by atoms with Gasteiger partial charge in [0.05, 0.1) is 0 Å². The van der Waals surface area contributed by atoms with E-state index in [1.807, 2.05) is 0 Å². The molecule has 0 aliphatic heterocycles. The van der Waals surface area contributed by atoms with Gasteiger partial charge in [-0.25, -0.2) is 0 Å². The third-order valence-electron chi connectivity index (χ3n) is 0.907. The fourth-order valence-electron chi connectivity index (χ4n) is 0.407. The second-order valence-electron chi connectivity index (χ2n) is 2.19. The summed E-state index contributed by atoms with van der Waals surface area (Å²) in [5.74, 6) is 0.881. The fourth-order valence-corrected chi connectivity index (χ4v) is 4.98. The molecule has 0 bridgehead atoms. The van der Waals surface area contributed by atoms with Crippen molar-refractivity contribution in [2.75, 3.05) is 0 Å². The summed E-state index contributed by atoms with van der Waals surface area (Å²) in [4.78, 5) is 0. The second-order valence-corrected chi connectivity index (χ2v) is 9.63. The molecular weight excluding hydrogens is 313 g/mol. The van der Waals surface area contributed by atoms with Gasteiger partial charge in [0.25, 0.3) is 0 Å². The van der Waals surface area contributed by atoms with Crippen LogP contribution < -0.4 is 0 Å². The van der Waals surface area contributed by atoms with Crippen LogP contribution in [0.15, 0.2) is 0 Å². The van der Waals surface area contributed by atoms with E-state index in [4.69, 9.17) is 1.41 Å².